The molecule has 5 heteroatoms. The van der Waals surface area contributed by atoms with Gasteiger partial charge in [0.15, 0.2) is 0 Å². The van der Waals surface area contributed by atoms with Crippen LogP contribution in [0.1, 0.15) is 16.7 Å². The van der Waals surface area contributed by atoms with Gasteiger partial charge in [0.2, 0.25) is 0 Å². The lowest BCUT2D eigenvalue weighted by Gasteiger charge is -2.12. The molecule has 190 valence electrons. The van der Waals surface area contributed by atoms with Crippen molar-refractivity contribution in [2.75, 3.05) is 5.32 Å². The quantitative estimate of drug-likeness (QED) is 0.164. The highest BCUT2D eigenvalue weighted by Crippen LogP contribution is 2.25. The molecular weight excluding hydrogens is 484 g/mol. The molecule has 0 heterocycles. The minimum absolute atomic E-state index is 0.0272. The van der Waals surface area contributed by atoms with E-state index in [2.05, 4.69) is 23.5 Å². The van der Waals surface area contributed by atoms with Gasteiger partial charge < -0.3 is 14.8 Å². The van der Waals surface area contributed by atoms with Gasteiger partial charge in [0, 0.05) is 11.3 Å². The van der Waals surface area contributed by atoms with Gasteiger partial charge in [-0.25, -0.2) is 0 Å². The number of nitrogens with one attached hydrogen (secondary N) is 1. The summed E-state index contributed by atoms with van der Waals surface area (Å²) >= 11 is 0. The topological polar surface area (TPSA) is 71.3 Å². The van der Waals surface area contributed by atoms with Crippen LogP contribution < -0.4 is 14.8 Å². The lowest BCUT2D eigenvalue weighted by molar-refractivity contribution is -0.112. The van der Waals surface area contributed by atoms with Gasteiger partial charge in [-0.2, -0.15) is 5.26 Å². The predicted molar refractivity (Wildman–Crippen MR) is 154 cm³/mol. The summed E-state index contributed by atoms with van der Waals surface area (Å²) in [6.07, 6.45) is 1.55. The van der Waals surface area contributed by atoms with E-state index in [-0.39, 0.29) is 5.57 Å². The van der Waals surface area contributed by atoms with Gasteiger partial charge in [-0.1, -0.05) is 91.0 Å². The standard InChI is InChI=1S/C34H26N2O3/c35-22-29(34(37)36-30-17-19-31(20-18-30)38-23-25-9-2-1-3-10-25)21-27-12-5-7-16-33(27)39-24-28-14-8-13-26-11-4-6-15-32(26)28/h1-21H,23-24H2,(H,36,37)/b29-21+. The number of hydrogen-bond acceptors (Lipinski definition) is 4. The van der Waals surface area contributed by atoms with E-state index in [0.29, 0.717) is 36.0 Å². The number of hydrogen-bond donors (Lipinski definition) is 1. The second-order valence-electron chi connectivity index (χ2n) is 8.89. The summed E-state index contributed by atoms with van der Waals surface area (Å²) in [4.78, 5) is 12.9. The fourth-order valence-electron chi connectivity index (χ4n) is 4.18. The Balaban J connectivity index is 1.25. The number of benzene rings is 5. The van der Waals surface area contributed by atoms with Gasteiger partial charge >= 0.3 is 0 Å². The molecule has 0 spiro atoms. The molecular formula is C34H26N2O3. The number of nitrogens with zero attached hydrogens (tertiary/aromatic N) is 1. The molecule has 0 aromatic heterocycles. The van der Waals surface area contributed by atoms with Crippen LogP contribution in [0, 0.1) is 11.3 Å². The molecule has 0 aliphatic carbocycles. The summed E-state index contributed by atoms with van der Waals surface area (Å²) in [5.74, 6) is 0.774. The number of fused-ring (bicyclic) bond motifs is 1. The average Bonchev–Trinajstić information content (AvgIpc) is 2.99. The van der Waals surface area contributed by atoms with E-state index in [4.69, 9.17) is 9.47 Å². The summed E-state index contributed by atoms with van der Waals surface area (Å²) in [6.45, 7) is 0.814. The third-order valence-electron chi connectivity index (χ3n) is 6.21. The molecule has 0 bridgehead atoms. The van der Waals surface area contributed by atoms with Crippen molar-refractivity contribution in [2.24, 2.45) is 0 Å². The van der Waals surface area contributed by atoms with E-state index in [0.717, 1.165) is 21.9 Å². The fourth-order valence-corrected chi connectivity index (χ4v) is 4.18. The first kappa shape index (κ1) is 25.3. The Morgan fingerprint density at radius 1 is 0.744 bits per heavy atom. The molecule has 1 amide bonds. The van der Waals surface area contributed by atoms with E-state index in [1.165, 1.54) is 0 Å². The fraction of sp³-hybridized carbons (Fsp3) is 0.0588. The van der Waals surface area contributed by atoms with Gasteiger partial charge in [0.1, 0.15) is 36.4 Å². The molecule has 5 aromatic carbocycles. The number of carbonyl (C=O) groups excluding carboxylic acids is 1. The van der Waals surface area contributed by atoms with Crippen molar-refractivity contribution in [2.45, 2.75) is 13.2 Å². The van der Waals surface area contributed by atoms with E-state index < -0.39 is 5.91 Å². The van der Waals surface area contributed by atoms with Gasteiger partial charge in [0.25, 0.3) is 5.91 Å². The number of ether oxygens (including phenoxy) is 2. The molecule has 0 saturated heterocycles. The molecule has 0 saturated carbocycles. The van der Waals surface area contributed by atoms with Crippen LogP contribution in [0.25, 0.3) is 16.8 Å². The highest BCUT2D eigenvalue weighted by atomic mass is 16.5. The number of nitriles is 1. The second-order valence-corrected chi connectivity index (χ2v) is 8.89. The third kappa shape index (κ3) is 6.51. The first-order valence-electron chi connectivity index (χ1n) is 12.6. The maximum Gasteiger partial charge on any atom is 0.266 e. The van der Waals surface area contributed by atoms with Crippen LogP contribution in [-0.4, -0.2) is 5.91 Å². The van der Waals surface area contributed by atoms with Crippen LogP contribution in [0.5, 0.6) is 11.5 Å². The largest absolute Gasteiger partial charge is 0.489 e. The number of carbonyl (C=O) groups is 1. The Morgan fingerprint density at radius 2 is 1.46 bits per heavy atom. The zero-order valence-electron chi connectivity index (χ0n) is 21.2. The molecule has 5 aromatic rings. The summed E-state index contributed by atoms with van der Waals surface area (Å²) in [7, 11) is 0. The zero-order chi connectivity index (χ0) is 26.9. The maximum absolute atomic E-state index is 12.9. The Bertz CT molecular complexity index is 1650. The Hall–Kier alpha value is -5.34. The number of rotatable bonds is 9. The Kier molecular flexibility index (Phi) is 7.96. The third-order valence-corrected chi connectivity index (χ3v) is 6.21. The molecule has 5 rings (SSSR count). The number of anilines is 1. The predicted octanol–water partition coefficient (Wildman–Crippen LogP) is 7.54. The van der Waals surface area contributed by atoms with E-state index in [1.54, 1.807) is 30.3 Å². The smallest absolute Gasteiger partial charge is 0.266 e. The molecule has 0 unspecified atom stereocenters. The van der Waals surface area contributed by atoms with E-state index in [1.807, 2.05) is 84.9 Å². The summed E-state index contributed by atoms with van der Waals surface area (Å²) in [5.41, 5.74) is 3.31. The molecule has 39 heavy (non-hydrogen) atoms. The second kappa shape index (κ2) is 12.3. The van der Waals surface area contributed by atoms with Crippen LogP contribution in [0.15, 0.2) is 127 Å². The van der Waals surface area contributed by atoms with Crippen molar-refractivity contribution in [3.8, 4) is 17.6 Å². The van der Waals surface area contributed by atoms with Crippen molar-refractivity contribution >= 4 is 28.4 Å². The van der Waals surface area contributed by atoms with Gasteiger partial charge in [0.05, 0.1) is 0 Å². The minimum Gasteiger partial charge on any atom is -0.489 e. The van der Waals surface area contributed by atoms with Crippen molar-refractivity contribution in [3.63, 3.8) is 0 Å². The summed E-state index contributed by atoms with van der Waals surface area (Å²) in [6, 6.07) is 40.6. The first-order valence-corrected chi connectivity index (χ1v) is 12.6. The Morgan fingerprint density at radius 3 is 2.28 bits per heavy atom. The minimum atomic E-state index is -0.501. The lowest BCUT2D eigenvalue weighted by atomic mass is 10.1. The van der Waals surface area contributed by atoms with Gasteiger partial charge in [-0.3, -0.25) is 4.79 Å². The normalized spacial score (nSPS) is 11.0. The molecule has 0 aliphatic heterocycles. The maximum atomic E-state index is 12.9. The summed E-state index contributed by atoms with van der Waals surface area (Å²) in [5, 5.41) is 14.8. The van der Waals surface area contributed by atoms with Crippen molar-refractivity contribution in [1.82, 2.24) is 0 Å². The lowest BCUT2D eigenvalue weighted by Crippen LogP contribution is -2.13. The van der Waals surface area contributed by atoms with Crippen LogP contribution >= 0.6 is 0 Å². The van der Waals surface area contributed by atoms with Crippen LogP contribution in [0.3, 0.4) is 0 Å². The van der Waals surface area contributed by atoms with Crippen molar-refractivity contribution in [1.29, 1.82) is 5.26 Å². The zero-order valence-corrected chi connectivity index (χ0v) is 21.2. The van der Waals surface area contributed by atoms with Gasteiger partial charge in [-0.15, -0.1) is 0 Å². The van der Waals surface area contributed by atoms with E-state index in [9.17, 15) is 10.1 Å². The molecule has 0 atom stereocenters. The van der Waals surface area contributed by atoms with Gasteiger partial charge in [-0.05, 0) is 58.3 Å². The molecule has 1 N–H and O–H groups in total. The highest BCUT2D eigenvalue weighted by molar-refractivity contribution is 6.09. The van der Waals surface area contributed by atoms with E-state index >= 15 is 0 Å². The molecule has 0 aliphatic rings. The van der Waals surface area contributed by atoms with Crippen molar-refractivity contribution < 1.29 is 14.3 Å². The summed E-state index contributed by atoms with van der Waals surface area (Å²) < 4.78 is 11.9. The monoisotopic (exact) mass is 510 g/mol. The van der Waals surface area contributed by atoms with Crippen molar-refractivity contribution in [3.05, 3.63) is 144 Å². The number of amides is 1. The van der Waals surface area contributed by atoms with Crippen LogP contribution in [0.4, 0.5) is 5.69 Å². The highest BCUT2D eigenvalue weighted by Gasteiger charge is 2.12. The molecule has 0 radical (unpaired) electrons. The average molecular weight is 511 g/mol. The van der Waals surface area contributed by atoms with Crippen LogP contribution in [-0.2, 0) is 18.0 Å². The number of para-hydroxylation sites is 1. The van der Waals surface area contributed by atoms with Crippen LogP contribution in [0.2, 0.25) is 0 Å². The first-order chi connectivity index (χ1) is 19.2. The Labute approximate surface area is 227 Å². The molecule has 0 fully saturated rings. The SMILES string of the molecule is N#C/C(=C\c1ccccc1OCc1cccc2ccccc12)C(=O)Nc1ccc(OCc2ccccc2)cc1. The molecule has 5 nitrogen and oxygen atoms in total.